The van der Waals surface area contributed by atoms with Crippen molar-refractivity contribution in [1.29, 1.82) is 0 Å². The van der Waals surface area contributed by atoms with Crippen molar-refractivity contribution in [3.05, 3.63) is 30.1 Å². The minimum atomic E-state index is 0.430. The van der Waals surface area contributed by atoms with Crippen molar-refractivity contribution in [3.8, 4) is 5.75 Å². The zero-order chi connectivity index (χ0) is 22.5. The molecule has 3 aromatic rings. The van der Waals surface area contributed by atoms with Gasteiger partial charge in [0, 0.05) is 25.7 Å². The molecule has 5 rings (SSSR count). The summed E-state index contributed by atoms with van der Waals surface area (Å²) in [6, 6.07) is 6.73. The Kier molecular flexibility index (Phi) is 6.87. The lowest BCUT2D eigenvalue weighted by Crippen LogP contribution is -2.35. The van der Waals surface area contributed by atoms with E-state index in [4.69, 9.17) is 14.5 Å². The summed E-state index contributed by atoms with van der Waals surface area (Å²) in [5.41, 5.74) is 3.56. The molecule has 2 aromatic heterocycles. The fourth-order valence-electron chi connectivity index (χ4n) is 4.61. The van der Waals surface area contributed by atoms with E-state index >= 15 is 0 Å². The Labute approximate surface area is 194 Å². The number of rotatable bonds is 8. The highest BCUT2D eigenvalue weighted by Crippen LogP contribution is 2.31. The second-order valence-electron chi connectivity index (χ2n) is 8.75. The Balaban J connectivity index is 1.37. The molecule has 1 saturated heterocycles. The molecular weight excluding hydrogens is 418 g/mol. The van der Waals surface area contributed by atoms with Crippen LogP contribution in [0.1, 0.15) is 44.6 Å². The number of aromatic nitrogens is 4. The van der Waals surface area contributed by atoms with Gasteiger partial charge in [0.1, 0.15) is 11.3 Å². The summed E-state index contributed by atoms with van der Waals surface area (Å²) in [4.78, 5) is 19.4. The number of H-pyrrole nitrogens is 1. The molecule has 3 N–H and O–H groups in total. The van der Waals surface area contributed by atoms with E-state index in [0.29, 0.717) is 24.2 Å². The molecule has 0 unspecified atom stereocenters. The van der Waals surface area contributed by atoms with Crippen molar-refractivity contribution in [3.63, 3.8) is 0 Å². The number of nitrogens with zero attached hydrogens (tertiary/aromatic N) is 4. The number of anilines is 3. The van der Waals surface area contributed by atoms with Gasteiger partial charge in [-0.15, -0.1) is 0 Å². The summed E-state index contributed by atoms with van der Waals surface area (Å²) in [5, 5.41) is 6.99. The van der Waals surface area contributed by atoms with Gasteiger partial charge in [-0.2, -0.15) is 9.97 Å². The predicted octanol–water partition coefficient (Wildman–Crippen LogP) is 4.07. The molecule has 0 amide bonds. The zero-order valence-corrected chi connectivity index (χ0v) is 19.3. The number of hydrogen-bond donors (Lipinski definition) is 3. The van der Waals surface area contributed by atoms with Crippen LogP contribution < -0.4 is 15.4 Å². The summed E-state index contributed by atoms with van der Waals surface area (Å²) in [5.74, 6) is 2.10. The van der Waals surface area contributed by atoms with E-state index in [1.54, 1.807) is 6.33 Å². The van der Waals surface area contributed by atoms with Gasteiger partial charge in [-0.25, -0.2) is 4.98 Å². The lowest BCUT2D eigenvalue weighted by atomic mass is 9.95. The first-order valence-corrected chi connectivity index (χ1v) is 12.1. The van der Waals surface area contributed by atoms with Gasteiger partial charge in [0.25, 0.3) is 0 Å². The molecular formula is C24H33N7O2. The Morgan fingerprint density at radius 1 is 1.15 bits per heavy atom. The lowest BCUT2D eigenvalue weighted by Gasteiger charge is -2.27. The maximum atomic E-state index is 5.97. The van der Waals surface area contributed by atoms with Crippen LogP contribution in [0.2, 0.25) is 0 Å². The first-order valence-electron chi connectivity index (χ1n) is 12.1. The number of ether oxygens (including phenoxy) is 2. The molecule has 3 heterocycles. The maximum absolute atomic E-state index is 5.97. The van der Waals surface area contributed by atoms with Crippen LogP contribution in [-0.2, 0) is 11.3 Å². The van der Waals surface area contributed by atoms with Crippen molar-refractivity contribution in [2.24, 2.45) is 0 Å². The topological polar surface area (TPSA) is 100 Å². The number of aromatic amines is 1. The largest absolute Gasteiger partial charge is 0.492 e. The minimum Gasteiger partial charge on any atom is -0.492 e. The van der Waals surface area contributed by atoms with Gasteiger partial charge < -0.3 is 25.1 Å². The summed E-state index contributed by atoms with van der Waals surface area (Å²) in [6.07, 6.45) is 7.82. The molecule has 2 fully saturated rings. The van der Waals surface area contributed by atoms with Crippen LogP contribution in [0.3, 0.4) is 0 Å². The lowest BCUT2D eigenvalue weighted by molar-refractivity contribution is 0.0341. The number of nitrogens with one attached hydrogen (secondary N) is 3. The first kappa shape index (κ1) is 21.9. The summed E-state index contributed by atoms with van der Waals surface area (Å²) in [6.45, 7) is 6.97. The highest BCUT2D eigenvalue weighted by atomic mass is 16.5. The van der Waals surface area contributed by atoms with Crippen LogP contribution in [0.15, 0.2) is 24.5 Å². The Hall–Kier alpha value is -2.91. The number of imidazole rings is 1. The highest BCUT2D eigenvalue weighted by molar-refractivity contribution is 5.84. The van der Waals surface area contributed by atoms with Crippen LogP contribution in [-0.4, -0.2) is 63.8 Å². The monoisotopic (exact) mass is 451 g/mol. The van der Waals surface area contributed by atoms with Crippen LogP contribution >= 0.6 is 0 Å². The Morgan fingerprint density at radius 2 is 2.00 bits per heavy atom. The van der Waals surface area contributed by atoms with Gasteiger partial charge >= 0.3 is 0 Å². The third-order valence-corrected chi connectivity index (χ3v) is 6.33. The molecule has 9 nitrogen and oxygen atoms in total. The van der Waals surface area contributed by atoms with Crippen molar-refractivity contribution < 1.29 is 9.47 Å². The van der Waals surface area contributed by atoms with Crippen LogP contribution in [0.5, 0.6) is 5.75 Å². The quantitative estimate of drug-likeness (QED) is 0.471. The second-order valence-corrected chi connectivity index (χ2v) is 8.75. The summed E-state index contributed by atoms with van der Waals surface area (Å²) >= 11 is 0. The highest BCUT2D eigenvalue weighted by Gasteiger charge is 2.18. The minimum absolute atomic E-state index is 0.430. The van der Waals surface area contributed by atoms with Crippen molar-refractivity contribution in [2.45, 2.75) is 51.6 Å². The van der Waals surface area contributed by atoms with E-state index in [1.165, 1.54) is 24.8 Å². The molecule has 33 heavy (non-hydrogen) atoms. The molecule has 2 aliphatic rings. The Bertz CT molecular complexity index is 1060. The molecule has 1 aliphatic carbocycles. The van der Waals surface area contributed by atoms with E-state index in [2.05, 4.69) is 48.7 Å². The standard InChI is InChI=1S/C24H33N7O2/c1-2-33-20-14-17(15-31-10-12-32-13-11-31)8-9-19(20)28-24-29-22-21(25-16-26-22)23(30-24)27-18-6-4-3-5-7-18/h8-9,14,16,18H,2-7,10-13,15H2,1H3,(H3,25,26,27,28,29,30). The molecule has 1 saturated carbocycles. The third-order valence-electron chi connectivity index (χ3n) is 6.33. The fourth-order valence-corrected chi connectivity index (χ4v) is 4.61. The average molecular weight is 452 g/mol. The van der Waals surface area contributed by atoms with Crippen molar-refractivity contribution >= 4 is 28.6 Å². The molecule has 9 heteroatoms. The van der Waals surface area contributed by atoms with E-state index in [9.17, 15) is 0 Å². The number of morpholine rings is 1. The summed E-state index contributed by atoms with van der Waals surface area (Å²) < 4.78 is 11.4. The summed E-state index contributed by atoms with van der Waals surface area (Å²) in [7, 11) is 0. The zero-order valence-electron chi connectivity index (χ0n) is 19.3. The molecule has 0 bridgehead atoms. The smallest absolute Gasteiger partial charge is 0.231 e. The molecule has 0 atom stereocenters. The van der Waals surface area contributed by atoms with Crippen LogP contribution in [0.25, 0.3) is 11.2 Å². The van der Waals surface area contributed by atoms with Gasteiger partial charge in [0.05, 0.1) is 31.8 Å². The molecule has 176 valence electrons. The van der Waals surface area contributed by atoms with E-state index < -0.39 is 0 Å². The Morgan fingerprint density at radius 3 is 2.82 bits per heavy atom. The van der Waals surface area contributed by atoms with Gasteiger partial charge in [-0.3, -0.25) is 4.90 Å². The van der Waals surface area contributed by atoms with Gasteiger partial charge in [0.2, 0.25) is 5.95 Å². The average Bonchev–Trinajstić information content (AvgIpc) is 3.31. The van der Waals surface area contributed by atoms with Crippen LogP contribution in [0.4, 0.5) is 17.5 Å². The normalized spacial score (nSPS) is 17.8. The van der Waals surface area contributed by atoms with Crippen molar-refractivity contribution in [2.75, 3.05) is 43.5 Å². The maximum Gasteiger partial charge on any atom is 0.231 e. The molecule has 0 spiro atoms. The second kappa shape index (κ2) is 10.4. The van der Waals surface area contributed by atoms with Crippen LogP contribution in [0, 0.1) is 0 Å². The van der Waals surface area contributed by atoms with E-state index in [1.807, 2.05) is 6.92 Å². The van der Waals surface area contributed by atoms with E-state index in [0.717, 1.165) is 68.5 Å². The SMILES string of the molecule is CCOc1cc(CN2CCOCC2)ccc1Nc1nc(NC2CCCCC2)c2nc[nH]c2n1. The molecule has 0 radical (unpaired) electrons. The first-order chi connectivity index (χ1) is 16.3. The van der Waals surface area contributed by atoms with Gasteiger partial charge in [-0.05, 0) is 37.5 Å². The fraction of sp³-hybridized carbons (Fsp3) is 0.542. The number of hydrogen-bond acceptors (Lipinski definition) is 8. The molecule has 1 aromatic carbocycles. The van der Waals surface area contributed by atoms with Gasteiger partial charge in [0.15, 0.2) is 11.5 Å². The van der Waals surface area contributed by atoms with Crippen molar-refractivity contribution in [1.82, 2.24) is 24.8 Å². The predicted molar refractivity (Wildman–Crippen MR) is 129 cm³/mol. The third kappa shape index (κ3) is 5.36. The van der Waals surface area contributed by atoms with E-state index in [-0.39, 0.29) is 0 Å². The molecule has 1 aliphatic heterocycles. The number of fused-ring (bicyclic) bond motifs is 1. The number of benzene rings is 1. The van der Waals surface area contributed by atoms with Gasteiger partial charge in [-0.1, -0.05) is 25.3 Å².